The second kappa shape index (κ2) is 8.49. The molecule has 1 heterocycles. The summed E-state index contributed by atoms with van der Waals surface area (Å²) in [6.07, 6.45) is 1.88. The van der Waals surface area contributed by atoms with E-state index in [2.05, 4.69) is 29.6 Å². The average molecular weight is 352 g/mol. The van der Waals surface area contributed by atoms with Gasteiger partial charge in [0.25, 0.3) is 5.91 Å². The zero-order valence-electron chi connectivity index (χ0n) is 15.1. The predicted molar refractivity (Wildman–Crippen MR) is 103 cm³/mol. The largest absolute Gasteiger partial charge is 0.488 e. The van der Waals surface area contributed by atoms with Crippen molar-refractivity contribution < 1.29 is 14.8 Å². The molecule has 1 amide bonds. The van der Waals surface area contributed by atoms with E-state index in [4.69, 9.17) is 0 Å². The van der Waals surface area contributed by atoms with Crippen molar-refractivity contribution in [3.05, 3.63) is 65.2 Å². The van der Waals surface area contributed by atoms with Crippen LogP contribution in [0, 0.1) is 0 Å². The van der Waals surface area contributed by atoms with Crippen molar-refractivity contribution in [1.82, 2.24) is 10.2 Å². The van der Waals surface area contributed by atoms with E-state index in [1.165, 1.54) is 11.1 Å². The van der Waals surface area contributed by atoms with Crippen molar-refractivity contribution in [2.45, 2.75) is 25.3 Å². The van der Waals surface area contributed by atoms with Gasteiger partial charge < -0.3 is 20.3 Å². The topological polar surface area (TPSA) is 72.8 Å². The first kappa shape index (κ1) is 18.6. The minimum absolute atomic E-state index is 0.0464. The number of hydrogen-bond donors (Lipinski definition) is 3. The molecule has 136 valence electrons. The second-order valence-corrected chi connectivity index (χ2v) is 6.84. The Morgan fingerprint density at radius 1 is 1.15 bits per heavy atom. The van der Waals surface area contributed by atoms with Crippen LogP contribution in [-0.4, -0.2) is 48.1 Å². The molecule has 0 unspecified atom stereocenters. The van der Waals surface area contributed by atoms with Gasteiger partial charge in [0.15, 0.2) is 0 Å². The van der Waals surface area contributed by atoms with E-state index in [0.717, 1.165) is 19.4 Å². The molecule has 0 bridgehead atoms. The van der Waals surface area contributed by atoms with E-state index in [1.807, 2.05) is 11.9 Å². The molecular weight excluding hydrogens is 327 g/mol. The number of likely N-dealkylation sites (tertiary alicyclic amines) is 1. The third-order valence-corrected chi connectivity index (χ3v) is 5.02. The first-order valence-corrected chi connectivity index (χ1v) is 9.07. The Morgan fingerprint density at radius 2 is 1.88 bits per heavy atom. The number of nitrogens with zero attached hydrogens (tertiary/aromatic N) is 1. The van der Waals surface area contributed by atoms with Crippen LogP contribution in [0.15, 0.2) is 48.5 Å². The fourth-order valence-electron chi connectivity index (χ4n) is 3.59. The molecule has 2 aromatic carbocycles. The highest BCUT2D eigenvalue weighted by atomic mass is 16.4. The lowest BCUT2D eigenvalue weighted by Gasteiger charge is -2.32. The molecule has 2 aromatic rings. The lowest BCUT2D eigenvalue weighted by atomic mass is 9.79. The van der Waals surface area contributed by atoms with Gasteiger partial charge in [-0.25, -0.2) is 0 Å². The third kappa shape index (κ3) is 4.33. The van der Waals surface area contributed by atoms with Gasteiger partial charge in [0, 0.05) is 25.2 Å². The molecule has 1 aliphatic rings. The monoisotopic (exact) mass is 352 g/mol. The zero-order valence-corrected chi connectivity index (χ0v) is 15.1. The predicted octanol–water partition coefficient (Wildman–Crippen LogP) is 1.11. The zero-order chi connectivity index (χ0) is 18.5. The molecule has 6 heteroatoms. The fourth-order valence-corrected chi connectivity index (χ4v) is 3.59. The van der Waals surface area contributed by atoms with Crippen molar-refractivity contribution in [3.8, 4) is 0 Å². The van der Waals surface area contributed by atoms with Gasteiger partial charge in [-0.3, -0.25) is 4.79 Å². The number of rotatable bonds is 5. The molecular formula is C20H25BN2O3. The van der Waals surface area contributed by atoms with Gasteiger partial charge in [-0.15, -0.1) is 0 Å². The van der Waals surface area contributed by atoms with Crippen LogP contribution in [0.4, 0.5) is 0 Å². The highest BCUT2D eigenvalue weighted by Gasteiger charge is 2.25. The molecule has 1 saturated heterocycles. The van der Waals surface area contributed by atoms with Crippen LogP contribution in [0.1, 0.15) is 40.2 Å². The lowest BCUT2D eigenvalue weighted by Crippen LogP contribution is -2.39. The van der Waals surface area contributed by atoms with Crippen molar-refractivity contribution in [1.29, 1.82) is 0 Å². The first-order valence-electron chi connectivity index (χ1n) is 9.07. The van der Waals surface area contributed by atoms with Crippen LogP contribution >= 0.6 is 0 Å². The van der Waals surface area contributed by atoms with E-state index in [9.17, 15) is 14.8 Å². The molecule has 5 nitrogen and oxygen atoms in total. The van der Waals surface area contributed by atoms with Gasteiger partial charge >= 0.3 is 7.12 Å². The SMILES string of the molecule is CNCc1cccc(C2CCN(C(=O)c3cccc(B(O)O)c3)CC2)c1. The first-order chi connectivity index (χ1) is 12.6. The summed E-state index contributed by atoms with van der Waals surface area (Å²) >= 11 is 0. The Balaban J connectivity index is 1.64. The Labute approximate surface area is 154 Å². The summed E-state index contributed by atoms with van der Waals surface area (Å²) in [4.78, 5) is 14.6. The summed E-state index contributed by atoms with van der Waals surface area (Å²) in [5.74, 6) is 0.427. The summed E-state index contributed by atoms with van der Waals surface area (Å²) in [6.45, 7) is 2.29. The van der Waals surface area contributed by atoms with Crippen molar-refractivity contribution in [2.24, 2.45) is 0 Å². The van der Waals surface area contributed by atoms with Crippen LogP contribution in [0.5, 0.6) is 0 Å². The molecule has 0 atom stereocenters. The van der Waals surface area contributed by atoms with Crippen LogP contribution < -0.4 is 10.8 Å². The maximum absolute atomic E-state index is 12.7. The molecule has 0 saturated carbocycles. The van der Waals surface area contributed by atoms with E-state index >= 15 is 0 Å². The molecule has 26 heavy (non-hydrogen) atoms. The molecule has 0 spiro atoms. The highest BCUT2D eigenvalue weighted by molar-refractivity contribution is 6.58. The molecule has 0 aliphatic carbocycles. The average Bonchev–Trinajstić information content (AvgIpc) is 2.68. The molecule has 1 aliphatic heterocycles. The van der Waals surface area contributed by atoms with Crippen LogP contribution in [0.25, 0.3) is 0 Å². The Kier molecular flexibility index (Phi) is 6.09. The Hall–Kier alpha value is -2.15. The normalized spacial score (nSPS) is 15.1. The molecule has 3 rings (SSSR count). The van der Waals surface area contributed by atoms with Gasteiger partial charge in [-0.2, -0.15) is 0 Å². The summed E-state index contributed by atoms with van der Waals surface area (Å²) in [7, 11) is 0.389. The van der Waals surface area contributed by atoms with Crippen LogP contribution in [0.2, 0.25) is 0 Å². The van der Waals surface area contributed by atoms with Crippen molar-refractivity contribution in [2.75, 3.05) is 20.1 Å². The molecule has 3 N–H and O–H groups in total. The number of benzene rings is 2. The smallest absolute Gasteiger partial charge is 0.423 e. The summed E-state index contributed by atoms with van der Waals surface area (Å²) in [6, 6.07) is 15.2. The Morgan fingerprint density at radius 3 is 2.58 bits per heavy atom. The summed E-state index contributed by atoms with van der Waals surface area (Å²) < 4.78 is 0. The number of nitrogens with one attached hydrogen (secondary N) is 1. The third-order valence-electron chi connectivity index (χ3n) is 5.02. The minimum atomic E-state index is -1.56. The number of carbonyl (C=O) groups excluding carboxylic acids is 1. The van der Waals surface area contributed by atoms with Crippen molar-refractivity contribution in [3.63, 3.8) is 0 Å². The molecule has 0 radical (unpaired) electrons. The van der Waals surface area contributed by atoms with E-state index < -0.39 is 7.12 Å². The van der Waals surface area contributed by atoms with Crippen molar-refractivity contribution >= 4 is 18.5 Å². The quantitative estimate of drug-likeness (QED) is 0.705. The second-order valence-electron chi connectivity index (χ2n) is 6.84. The summed E-state index contributed by atoms with van der Waals surface area (Å²) in [5.41, 5.74) is 3.47. The standard InChI is InChI=1S/C20H25BN2O3/c1-22-14-15-4-2-5-17(12-15)16-8-10-23(11-9-16)20(24)18-6-3-7-19(13-18)21(25)26/h2-7,12-13,16,22,25-26H,8-11,14H2,1H3. The maximum atomic E-state index is 12.7. The maximum Gasteiger partial charge on any atom is 0.488 e. The van der Waals surface area contributed by atoms with Gasteiger partial charge in [0.05, 0.1) is 0 Å². The molecule has 1 fully saturated rings. The summed E-state index contributed by atoms with van der Waals surface area (Å²) in [5, 5.41) is 21.8. The van der Waals surface area contributed by atoms with E-state index in [-0.39, 0.29) is 5.91 Å². The molecule has 0 aromatic heterocycles. The van der Waals surface area contributed by atoms with Gasteiger partial charge in [0.2, 0.25) is 0 Å². The van der Waals surface area contributed by atoms with Gasteiger partial charge in [-0.1, -0.05) is 36.4 Å². The van der Waals surface area contributed by atoms with Gasteiger partial charge in [-0.05, 0) is 54.5 Å². The number of piperidine rings is 1. The minimum Gasteiger partial charge on any atom is -0.423 e. The van der Waals surface area contributed by atoms with Crippen LogP contribution in [-0.2, 0) is 6.54 Å². The van der Waals surface area contributed by atoms with E-state index in [0.29, 0.717) is 30.0 Å². The fraction of sp³-hybridized carbons (Fsp3) is 0.350. The number of carbonyl (C=O) groups is 1. The number of hydrogen-bond acceptors (Lipinski definition) is 4. The highest BCUT2D eigenvalue weighted by Crippen LogP contribution is 2.29. The lowest BCUT2D eigenvalue weighted by molar-refractivity contribution is 0.0713. The number of amides is 1. The van der Waals surface area contributed by atoms with Crippen LogP contribution in [0.3, 0.4) is 0 Å². The van der Waals surface area contributed by atoms with Gasteiger partial charge in [0.1, 0.15) is 0 Å². The Bertz CT molecular complexity index is 758. The van der Waals surface area contributed by atoms with E-state index in [1.54, 1.807) is 24.3 Å².